The average Bonchev–Trinajstić information content (AvgIpc) is 3.58. The fourth-order valence-electron chi connectivity index (χ4n) is 5.24. The van der Waals surface area contributed by atoms with Crippen molar-refractivity contribution in [1.82, 2.24) is 20.2 Å². The van der Waals surface area contributed by atoms with Gasteiger partial charge in [-0.2, -0.15) is 0 Å². The number of pyridine rings is 1. The molecule has 0 radical (unpaired) electrons. The van der Waals surface area contributed by atoms with Gasteiger partial charge in [0.2, 0.25) is 5.91 Å². The molecular formula is C34H29N5O4S2. The number of carbonyl (C=O) groups excluding carboxylic acids is 3. The van der Waals surface area contributed by atoms with Crippen LogP contribution in [0.2, 0.25) is 0 Å². The molecule has 2 fully saturated rings. The van der Waals surface area contributed by atoms with Crippen LogP contribution in [0, 0.1) is 0 Å². The summed E-state index contributed by atoms with van der Waals surface area (Å²) in [5.74, 6) is -0.0291. The van der Waals surface area contributed by atoms with E-state index in [1.807, 2.05) is 78.2 Å². The van der Waals surface area contributed by atoms with Crippen LogP contribution in [0.15, 0.2) is 96.5 Å². The van der Waals surface area contributed by atoms with Crippen molar-refractivity contribution in [2.24, 2.45) is 0 Å². The lowest BCUT2D eigenvalue weighted by Gasteiger charge is -2.28. The second-order valence-corrected chi connectivity index (χ2v) is 12.9. The van der Waals surface area contributed by atoms with E-state index < -0.39 is 17.5 Å². The normalized spacial score (nSPS) is 17.6. The number of thioether (sulfide) groups is 1. The van der Waals surface area contributed by atoms with Gasteiger partial charge in [0.15, 0.2) is 5.13 Å². The first-order chi connectivity index (χ1) is 22.0. The average molecular weight is 636 g/mol. The zero-order valence-electron chi connectivity index (χ0n) is 24.1. The maximum Gasteiger partial charge on any atom is 0.412 e. The number of thiazole rings is 1. The molecule has 45 heavy (non-hydrogen) atoms. The number of hydrogen-bond donors (Lipinski definition) is 2. The number of nitrogens with one attached hydrogen (secondary N) is 2. The highest BCUT2D eigenvalue weighted by Crippen LogP contribution is 2.44. The molecule has 9 nitrogen and oxygen atoms in total. The largest absolute Gasteiger partial charge is 0.444 e. The topological polar surface area (TPSA) is 114 Å². The van der Waals surface area contributed by atoms with Crippen LogP contribution >= 0.6 is 23.1 Å². The number of aromatic nitrogens is 2. The number of nitrogens with zero attached hydrogens (tertiary/aromatic N) is 3. The Balaban J connectivity index is 1.09. The van der Waals surface area contributed by atoms with Gasteiger partial charge >= 0.3 is 6.09 Å². The minimum absolute atomic E-state index is 0.0744. The van der Waals surface area contributed by atoms with Crippen LogP contribution in [0.1, 0.15) is 39.7 Å². The summed E-state index contributed by atoms with van der Waals surface area (Å²) in [6.45, 7) is 0.0931. The second kappa shape index (κ2) is 12.7. The summed E-state index contributed by atoms with van der Waals surface area (Å²) < 4.78 is 5.76. The summed E-state index contributed by atoms with van der Waals surface area (Å²) in [5.41, 5.74) is 4.68. The van der Waals surface area contributed by atoms with E-state index in [0.717, 1.165) is 40.4 Å². The Labute approximate surface area is 268 Å². The van der Waals surface area contributed by atoms with Gasteiger partial charge in [0, 0.05) is 39.9 Å². The van der Waals surface area contributed by atoms with Crippen molar-refractivity contribution in [2.75, 3.05) is 11.1 Å². The Morgan fingerprint density at radius 3 is 2.51 bits per heavy atom. The molecule has 2 aromatic heterocycles. The smallest absolute Gasteiger partial charge is 0.412 e. The molecule has 11 heteroatoms. The minimum Gasteiger partial charge on any atom is -0.444 e. The molecule has 2 unspecified atom stereocenters. The summed E-state index contributed by atoms with van der Waals surface area (Å²) in [4.78, 5) is 50.4. The third-order valence-corrected chi connectivity index (χ3v) is 9.82. The van der Waals surface area contributed by atoms with E-state index in [-0.39, 0.29) is 18.4 Å². The van der Waals surface area contributed by atoms with Gasteiger partial charge in [-0.15, -0.1) is 23.1 Å². The number of carbonyl (C=O) groups is 3. The van der Waals surface area contributed by atoms with Crippen molar-refractivity contribution in [3.8, 4) is 11.3 Å². The van der Waals surface area contributed by atoms with Gasteiger partial charge in [-0.1, -0.05) is 60.7 Å². The summed E-state index contributed by atoms with van der Waals surface area (Å²) in [6.07, 6.45) is 3.22. The van der Waals surface area contributed by atoms with Crippen molar-refractivity contribution in [3.63, 3.8) is 0 Å². The fraction of sp³-hybridized carbons (Fsp3) is 0.206. The molecule has 7 rings (SSSR count). The highest BCUT2D eigenvalue weighted by molar-refractivity contribution is 7.99. The Bertz CT molecular complexity index is 1850. The van der Waals surface area contributed by atoms with E-state index in [1.54, 1.807) is 18.3 Å². The van der Waals surface area contributed by atoms with Gasteiger partial charge in [-0.3, -0.25) is 19.5 Å². The lowest BCUT2D eigenvalue weighted by molar-refractivity contribution is -0.120. The third-order valence-electron chi connectivity index (χ3n) is 7.76. The molecule has 1 saturated carbocycles. The zero-order valence-corrected chi connectivity index (χ0v) is 25.7. The molecule has 1 aliphatic heterocycles. The zero-order chi connectivity index (χ0) is 30.8. The molecular weight excluding hydrogens is 607 g/mol. The van der Waals surface area contributed by atoms with E-state index in [0.29, 0.717) is 28.2 Å². The van der Waals surface area contributed by atoms with Crippen LogP contribution in [0.5, 0.6) is 0 Å². The van der Waals surface area contributed by atoms with Crippen molar-refractivity contribution in [2.45, 2.75) is 36.9 Å². The van der Waals surface area contributed by atoms with E-state index in [9.17, 15) is 14.4 Å². The Hall–Kier alpha value is -4.74. The number of rotatable bonds is 8. The molecule has 2 N–H and O–H groups in total. The maximum atomic E-state index is 13.7. The Morgan fingerprint density at radius 2 is 1.71 bits per heavy atom. The number of ether oxygens (including phenoxy) is 1. The van der Waals surface area contributed by atoms with E-state index in [1.165, 1.54) is 28.0 Å². The molecule has 3 aromatic carbocycles. The first-order valence-corrected chi connectivity index (χ1v) is 16.6. The summed E-state index contributed by atoms with van der Waals surface area (Å²) >= 11 is 2.82. The quantitative estimate of drug-likeness (QED) is 0.197. The highest BCUT2D eigenvalue weighted by Gasteiger charge is 2.44. The fourth-order valence-corrected chi connectivity index (χ4v) is 7.42. The SMILES string of the molecule is O=C(NC1CC1)c1ccc(-c2csc(NC(=O)C3CSC(c4ccnc5ccccc45)N3C(=O)OCc3ccccc3)n2)cc1. The van der Waals surface area contributed by atoms with Gasteiger partial charge in [0.25, 0.3) is 5.91 Å². The van der Waals surface area contributed by atoms with Gasteiger partial charge in [0.1, 0.15) is 18.0 Å². The number of benzene rings is 3. The Morgan fingerprint density at radius 1 is 0.933 bits per heavy atom. The highest BCUT2D eigenvalue weighted by atomic mass is 32.2. The van der Waals surface area contributed by atoms with Crippen LogP contribution in [-0.4, -0.2) is 50.6 Å². The first-order valence-electron chi connectivity index (χ1n) is 14.7. The van der Waals surface area contributed by atoms with E-state index in [2.05, 4.69) is 20.6 Å². The van der Waals surface area contributed by atoms with Crippen molar-refractivity contribution < 1.29 is 19.1 Å². The molecule has 2 atom stereocenters. The van der Waals surface area contributed by atoms with Crippen molar-refractivity contribution >= 4 is 57.0 Å². The maximum absolute atomic E-state index is 13.7. The first kappa shape index (κ1) is 29.0. The van der Waals surface area contributed by atoms with Crippen LogP contribution < -0.4 is 10.6 Å². The standard InChI is InChI=1S/C34H29N5O4S2/c40-30(36-24-14-15-24)23-12-10-22(11-13-23)28-19-45-33(37-28)38-31(41)29-20-44-32(26-16-17-35-27-9-5-4-8-25(26)27)39(29)34(42)43-18-21-6-2-1-3-7-21/h1-13,16-17,19,24,29,32H,14-15,18,20H2,(H,36,40)(H,37,38,41). The molecule has 1 saturated heterocycles. The number of amides is 3. The van der Waals surface area contributed by atoms with Gasteiger partial charge in [-0.05, 0) is 48.2 Å². The van der Waals surface area contributed by atoms with Gasteiger partial charge in [0.05, 0.1) is 11.2 Å². The third kappa shape index (κ3) is 6.40. The summed E-state index contributed by atoms with van der Waals surface area (Å²) in [7, 11) is 0. The lowest BCUT2D eigenvalue weighted by atomic mass is 10.1. The molecule has 1 aliphatic carbocycles. The number of hydrogen-bond acceptors (Lipinski definition) is 8. The monoisotopic (exact) mass is 635 g/mol. The molecule has 0 spiro atoms. The molecule has 3 amide bonds. The predicted octanol–water partition coefficient (Wildman–Crippen LogP) is 6.64. The molecule has 3 heterocycles. The number of para-hydroxylation sites is 1. The van der Waals surface area contributed by atoms with Crippen molar-refractivity contribution in [1.29, 1.82) is 0 Å². The number of fused-ring (bicyclic) bond motifs is 1. The van der Waals surface area contributed by atoms with Gasteiger partial charge in [-0.25, -0.2) is 9.78 Å². The Kier molecular flexibility index (Phi) is 8.19. The second-order valence-electron chi connectivity index (χ2n) is 10.9. The molecule has 226 valence electrons. The van der Waals surface area contributed by atoms with Gasteiger partial charge < -0.3 is 15.4 Å². The van der Waals surface area contributed by atoms with Crippen LogP contribution in [0.3, 0.4) is 0 Å². The minimum atomic E-state index is -0.785. The summed E-state index contributed by atoms with van der Waals surface area (Å²) in [6, 6.07) is 25.9. The molecule has 2 aliphatic rings. The molecule has 0 bridgehead atoms. The summed E-state index contributed by atoms with van der Waals surface area (Å²) in [5, 5.41) is 8.67. The number of anilines is 1. The van der Waals surface area contributed by atoms with Crippen LogP contribution in [0.25, 0.3) is 22.2 Å². The van der Waals surface area contributed by atoms with Crippen LogP contribution in [0.4, 0.5) is 9.93 Å². The van der Waals surface area contributed by atoms with E-state index >= 15 is 0 Å². The molecule has 5 aromatic rings. The van der Waals surface area contributed by atoms with E-state index in [4.69, 9.17) is 4.74 Å². The van der Waals surface area contributed by atoms with Crippen LogP contribution in [-0.2, 0) is 16.1 Å². The lowest BCUT2D eigenvalue weighted by Crippen LogP contribution is -2.45. The predicted molar refractivity (Wildman–Crippen MR) is 176 cm³/mol. The van der Waals surface area contributed by atoms with Crippen molar-refractivity contribution in [3.05, 3.63) is 113 Å².